The number of para-hydroxylation sites is 2. The summed E-state index contributed by atoms with van der Waals surface area (Å²) in [5.41, 5.74) is 4.52. The maximum atomic E-state index is 4.63. The van der Waals surface area contributed by atoms with Crippen LogP contribution >= 0.6 is 0 Å². The zero-order chi connectivity index (χ0) is 14.1. The molecule has 20 heavy (non-hydrogen) atoms. The second-order valence-electron chi connectivity index (χ2n) is 5.36. The van der Waals surface area contributed by atoms with Gasteiger partial charge in [-0.25, -0.2) is 4.98 Å². The van der Waals surface area contributed by atoms with Gasteiger partial charge >= 0.3 is 0 Å². The van der Waals surface area contributed by atoms with Gasteiger partial charge in [-0.05, 0) is 38.7 Å². The highest BCUT2D eigenvalue weighted by molar-refractivity contribution is 5.79. The Kier molecular flexibility index (Phi) is 3.28. The molecule has 0 amide bonds. The zero-order valence-corrected chi connectivity index (χ0v) is 12.1. The highest BCUT2D eigenvalue weighted by Crippen LogP contribution is 2.23. The summed E-state index contributed by atoms with van der Waals surface area (Å²) in [6, 6.07) is 17.1. The molecule has 3 aromatic rings. The Morgan fingerprint density at radius 1 is 1.00 bits per heavy atom. The van der Waals surface area contributed by atoms with Crippen molar-refractivity contribution in [2.75, 3.05) is 14.1 Å². The van der Waals surface area contributed by atoms with Gasteiger partial charge in [0.15, 0.2) is 0 Å². The molecule has 1 heterocycles. The van der Waals surface area contributed by atoms with Gasteiger partial charge in [0.25, 0.3) is 0 Å². The van der Waals surface area contributed by atoms with Crippen LogP contribution in [0.4, 0.5) is 0 Å². The first-order chi connectivity index (χ1) is 9.65. The lowest BCUT2D eigenvalue weighted by Crippen LogP contribution is -2.16. The molecular formula is C17H19N3. The van der Waals surface area contributed by atoms with Crippen LogP contribution in [0.5, 0.6) is 0 Å². The quantitative estimate of drug-likeness (QED) is 0.780. The molecule has 0 bridgehead atoms. The van der Waals surface area contributed by atoms with Crippen molar-refractivity contribution in [3.8, 4) is 11.4 Å². The summed E-state index contributed by atoms with van der Waals surface area (Å²) in [5.74, 6) is 0.926. The molecule has 1 aromatic heterocycles. The van der Waals surface area contributed by atoms with E-state index >= 15 is 0 Å². The second kappa shape index (κ2) is 5.10. The van der Waals surface area contributed by atoms with Crippen LogP contribution in [0.3, 0.4) is 0 Å². The number of nitrogens with one attached hydrogen (secondary N) is 1. The van der Waals surface area contributed by atoms with Gasteiger partial charge in [-0.15, -0.1) is 0 Å². The number of aromatic nitrogens is 2. The molecule has 0 saturated heterocycles. The molecule has 1 atom stereocenters. The lowest BCUT2D eigenvalue weighted by atomic mass is 10.1. The van der Waals surface area contributed by atoms with E-state index in [1.165, 1.54) is 5.56 Å². The summed E-state index contributed by atoms with van der Waals surface area (Å²) >= 11 is 0. The summed E-state index contributed by atoms with van der Waals surface area (Å²) < 4.78 is 0. The Morgan fingerprint density at radius 2 is 1.70 bits per heavy atom. The van der Waals surface area contributed by atoms with Crippen LogP contribution in [0.2, 0.25) is 0 Å². The number of rotatable bonds is 3. The minimum Gasteiger partial charge on any atom is -0.338 e. The van der Waals surface area contributed by atoms with Crippen LogP contribution in [0.1, 0.15) is 18.5 Å². The van der Waals surface area contributed by atoms with E-state index in [0.717, 1.165) is 22.4 Å². The average Bonchev–Trinajstić information content (AvgIpc) is 2.90. The molecule has 0 aliphatic rings. The van der Waals surface area contributed by atoms with Gasteiger partial charge in [-0.2, -0.15) is 0 Å². The smallest absolute Gasteiger partial charge is 0.138 e. The fourth-order valence-corrected chi connectivity index (χ4v) is 2.31. The molecular weight excluding hydrogens is 246 g/mol. The van der Waals surface area contributed by atoms with Gasteiger partial charge in [0, 0.05) is 11.6 Å². The highest BCUT2D eigenvalue weighted by Gasteiger charge is 2.09. The van der Waals surface area contributed by atoms with E-state index in [-0.39, 0.29) is 0 Å². The van der Waals surface area contributed by atoms with E-state index in [1.54, 1.807) is 0 Å². The molecule has 0 spiro atoms. The summed E-state index contributed by atoms with van der Waals surface area (Å²) in [7, 11) is 4.19. The summed E-state index contributed by atoms with van der Waals surface area (Å²) in [4.78, 5) is 10.2. The fraction of sp³-hybridized carbons (Fsp3) is 0.235. The molecule has 0 fully saturated rings. The lowest BCUT2D eigenvalue weighted by molar-refractivity contribution is 0.321. The maximum Gasteiger partial charge on any atom is 0.138 e. The van der Waals surface area contributed by atoms with E-state index in [9.17, 15) is 0 Å². The second-order valence-corrected chi connectivity index (χ2v) is 5.36. The summed E-state index contributed by atoms with van der Waals surface area (Å²) in [5, 5.41) is 0. The van der Waals surface area contributed by atoms with Gasteiger partial charge in [0.2, 0.25) is 0 Å². The number of benzene rings is 2. The van der Waals surface area contributed by atoms with Crippen LogP contribution in [-0.2, 0) is 0 Å². The molecule has 2 aromatic carbocycles. The molecule has 0 saturated carbocycles. The fourth-order valence-electron chi connectivity index (χ4n) is 2.31. The first kappa shape index (κ1) is 12.9. The zero-order valence-electron chi connectivity index (χ0n) is 12.1. The molecule has 102 valence electrons. The van der Waals surface area contributed by atoms with Gasteiger partial charge in [-0.1, -0.05) is 36.4 Å². The van der Waals surface area contributed by atoms with Crippen molar-refractivity contribution in [2.24, 2.45) is 0 Å². The number of aromatic amines is 1. The third-order valence-corrected chi connectivity index (χ3v) is 3.83. The number of fused-ring (bicyclic) bond motifs is 1. The number of imidazole rings is 1. The lowest BCUT2D eigenvalue weighted by Gasteiger charge is -2.20. The van der Waals surface area contributed by atoms with E-state index in [0.29, 0.717) is 6.04 Å². The van der Waals surface area contributed by atoms with Gasteiger partial charge in [0.05, 0.1) is 11.0 Å². The Labute approximate surface area is 119 Å². The van der Waals surface area contributed by atoms with Crippen molar-refractivity contribution in [2.45, 2.75) is 13.0 Å². The van der Waals surface area contributed by atoms with E-state index in [2.05, 4.69) is 60.2 Å². The van der Waals surface area contributed by atoms with Crippen LogP contribution < -0.4 is 0 Å². The highest BCUT2D eigenvalue weighted by atomic mass is 15.1. The Bertz CT molecular complexity index is 677. The maximum absolute atomic E-state index is 4.63. The SMILES string of the molecule is CC(c1ccc(-c2nc3ccccc3[nH]2)cc1)N(C)C. The van der Waals surface area contributed by atoms with Crippen molar-refractivity contribution in [1.29, 1.82) is 0 Å². The number of hydrogen-bond donors (Lipinski definition) is 1. The van der Waals surface area contributed by atoms with Crippen molar-refractivity contribution in [3.05, 3.63) is 54.1 Å². The largest absolute Gasteiger partial charge is 0.338 e. The molecule has 1 N–H and O–H groups in total. The van der Waals surface area contributed by atoms with E-state index in [1.807, 2.05) is 24.3 Å². The molecule has 1 unspecified atom stereocenters. The summed E-state index contributed by atoms with van der Waals surface area (Å²) in [6.07, 6.45) is 0. The van der Waals surface area contributed by atoms with Crippen molar-refractivity contribution < 1.29 is 0 Å². The normalized spacial score (nSPS) is 13.0. The van der Waals surface area contributed by atoms with E-state index < -0.39 is 0 Å². The summed E-state index contributed by atoms with van der Waals surface area (Å²) in [6.45, 7) is 2.20. The predicted octanol–water partition coefficient (Wildman–Crippen LogP) is 3.85. The van der Waals surface area contributed by atoms with Crippen LogP contribution in [-0.4, -0.2) is 29.0 Å². The molecule has 0 radical (unpaired) electrons. The van der Waals surface area contributed by atoms with Gasteiger partial charge in [0.1, 0.15) is 5.82 Å². The van der Waals surface area contributed by atoms with Gasteiger partial charge < -0.3 is 9.88 Å². The van der Waals surface area contributed by atoms with Crippen LogP contribution in [0, 0.1) is 0 Å². The van der Waals surface area contributed by atoms with Crippen LogP contribution in [0.15, 0.2) is 48.5 Å². The number of hydrogen-bond acceptors (Lipinski definition) is 2. The third-order valence-electron chi connectivity index (χ3n) is 3.83. The predicted molar refractivity (Wildman–Crippen MR) is 83.6 cm³/mol. The molecule has 0 aliphatic heterocycles. The van der Waals surface area contributed by atoms with Crippen molar-refractivity contribution in [1.82, 2.24) is 14.9 Å². The number of nitrogens with zero attached hydrogens (tertiary/aromatic N) is 2. The Morgan fingerprint density at radius 3 is 2.35 bits per heavy atom. The molecule has 3 nitrogen and oxygen atoms in total. The Balaban J connectivity index is 1.94. The van der Waals surface area contributed by atoms with Gasteiger partial charge in [-0.3, -0.25) is 0 Å². The third kappa shape index (κ3) is 2.32. The minimum absolute atomic E-state index is 0.416. The van der Waals surface area contributed by atoms with Crippen LogP contribution in [0.25, 0.3) is 22.4 Å². The standard InChI is InChI=1S/C17H19N3/c1-12(20(2)3)13-8-10-14(11-9-13)17-18-15-6-4-5-7-16(15)19-17/h4-12H,1-3H3,(H,18,19). The van der Waals surface area contributed by atoms with Crippen molar-refractivity contribution in [3.63, 3.8) is 0 Å². The first-order valence-corrected chi connectivity index (χ1v) is 6.86. The molecule has 3 heteroatoms. The minimum atomic E-state index is 0.416. The monoisotopic (exact) mass is 265 g/mol. The van der Waals surface area contributed by atoms with Crippen molar-refractivity contribution >= 4 is 11.0 Å². The molecule has 3 rings (SSSR count). The first-order valence-electron chi connectivity index (χ1n) is 6.86. The molecule has 0 aliphatic carbocycles. The topological polar surface area (TPSA) is 31.9 Å². The number of H-pyrrole nitrogens is 1. The average molecular weight is 265 g/mol. The Hall–Kier alpha value is -2.13. The van der Waals surface area contributed by atoms with E-state index in [4.69, 9.17) is 0 Å².